The van der Waals surface area contributed by atoms with Crippen LogP contribution in [0.3, 0.4) is 0 Å². The third-order valence-corrected chi connectivity index (χ3v) is 3.84. The predicted molar refractivity (Wildman–Crippen MR) is 80.3 cm³/mol. The summed E-state index contributed by atoms with van der Waals surface area (Å²) in [6, 6.07) is 10.7. The Bertz CT molecular complexity index is 638. The first kappa shape index (κ1) is 14.1. The Labute approximate surface area is 125 Å². The first-order chi connectivity index (χ1) is 9.04. The zero-order chi connectivity index (χ0) is 14.0. The molecule has 0 aliphatic carbocycles. The van der Waals surface area contributed by atoms with Gasteiger partial charge in [0.2, 0.25) is 0 Å². The molecule has 0 heterocycles. The molecule has 0 aliphatic heterocycles. The third kappa shape index (κ3) is 2.82. The number of ketones is 1. The fourth-order valence-electron chi connectivity index (χ4n) is 1.83. The van der Waals surface area contributed by atoms with Gasteiger partial charge in [-0.1, -0.05) is 39.7 Å². The molecule has 0 atom stereocenters. The molecule has 2 nitrogen and oxygen atoms in total. The molecule has 2 rings (SSSR count). The number of ether oxygens (including phenoxy) is 1. The predicted octanol–water partition coefficient (Wildman–Crippen LogP) is 4.65. The van der Waals surface area contributed by atoms with Crippen molar-refractivity contribution in [2.75, 3.05) is 7.11 Å². The molecule has 0 bridgehead atoms. The average molecular weight is 340 g/mol. The Kier molecular flexibility index (Phi) is 4.27. The molecule has 0 aromatic heterocycles. The minimum Gasteiger partial charge on any atom is -0.496 e. The first-order valence-electron chi connectivity index (χ1n) is 5.68. The molecule has 2 aromatic rings. The SMILES string of the molecule is COc1ccc(Br)cc1C(=O)c1cccc(C)c1Cl. The summed E-state index contributed by atoms with van der Waals surface area (Å²) in [7, 11) is 1.54. The van der Waals surface area contributed by atoms with E-state index in [2.05, 4.69) is 15.9 Å². The zero-order valence-corrected chi connectivity index (χ0v) is 12.9. The molecule has 0 spiro atoms. The molecule has 98 valence electrons. The van der Waals surface area contributed by atoms with E-state index in [9.17, 15) is 4.79 Å². The lowest BCUT2D eigenvalue weighted by Gasteiger charge is -2.10. The standard InChI is InChI=1S/C15H12BrClO2/c1-9-4-3-5-11(14(9)17)15(18)12-8-10(16)6-7-13(12)19-2/h3-8H,1-2H3. The van der Waals surface area contributed by atoms with Gasteiger partial charge in [-0.15, -0.1) is 0 Å². The Balaban J connectivity index is 2.56. The molecule has 2 aromatic carbocycles. The van der Waals surface area contributed by atoms with Crippen LogP contribution in [0.4, 0.5) is 0 Å². The van der Waals surface area contributed by atoms with Gasteiger partial charge in [-0.2, -0.15) is 0 Å². The van der Waals surface area contributed by atoms with Gasteiger partial charge in [-0.05, 0) is 36.8 Å². The molecule has 0 fully saturated rings. The maximum Gasteiger partial charge on any atom is 0.198 e. The molecule has 0 saturated heterocycles. The van der Waals surface area contributed by atoms with Crippen LogP contribution in [0.1, 0.15) is 21.5 Å². The molecular formula is C15H12BrClO2. The van der Waals surface area contributed by atoms with Gasteiger partial charge in [0.25, 0.3) is 0 Å². The topological polar surface area (TPSA) is 26.3 Å². The zero-order valence-electron chi connectivity index (χ0n) is 10.5. The molecule has 0 N–H and O–H groups in total. The molecule has 0 amide bonds. The van der Waals surface area contributed by atoms with Gasteiger partial charge in [0.1, 0.15) is 5.75 Å². The second kappa shape index (κ2) is 5.76. The summed E-state index contributed by atoms with van der Waals surface area (Å²) in [5.74, 6) is 0.387. The van der Waals surface area contributed by atoms with Gasteiger partial charge in [-0.25, -0.2) is 0 Å². The molecule has 19 heavy (non-hydrogen) atoms. The van der Waals surface area contributed by atoms with Crippen LogP contribution in [0.2, 0.25) is 5.02 Å². The number of rotatable bonds is 3. The van der Waals surface area contributed by atoms with Crippen LogP contribution in [0.5, 0.6) is 5.75 Å². The van der Waals surface area contributed by atoms with Crippen LogP contribution < -0.4 is 4.74 Å². The number of hydrogen-bond donors (Lipinski definition) is 0. The van der Waals surface area contributed by atoms with Crippen LogP contribution in [-0.2, 0) is 0 Å². The minimum absolute atomic E-state index is 0.146. The Hall–Kier alpha value is -1.32. The number of carbonyl (C=O) groups excluding carboxylic acids is 1. The van der Waals surface area contributed by atoms with Crippen LogP contribution in [0.25, 0.3) is 0 Å². The van der Waals surface area contributed by atoms with Crippen molar-refractivity contribution < 1.29 is 9.53 Å². The average Bonchev–Trinajstić information content (AvgIpc) is 2.41. The van der Waals surface area contributed by atoms with Gasteiger partial charge in [0.05, 0.1) is 17.7 Å². The van der Waals surface area contributed by atoms with Crippen molar-refractivity contribution in [3.05, 3.63) is 62.6 Å². The van der Waals surface area contributed by atoms with Gasteiger partial charge in [-0.3, -0.25) is 4.79 Å². The maximum atomic E-state index is 12.6. The molecule has 0 unspecified atom stereocenters. The molecule has 0 radical (unpaired) electrons. The number of methoxy groups -OCH3 is 1. The van der Waals surface area contributed by atoms with E-state index in [1.807, 2.05) is 25.1 Å². The van der Waals surface area contributed by atoms with E-state index < -0.39 is 0 Å². The molecule has 0 aliphatic rings. The smallest absolute Gasteiger partial charge is 0.198 e. The minimum atomic E-state index is -0.146. The van der Waals surface area contributed by atoms with Crippen molar-refractivity contribution in [2.24, 2.45) is 0 Å². The van der Waals surface area contributed by atoms with Crippen molar-refractivity contribution in [1.82, 2.24) is 0 Å². The highest BCUT2D eigenvalue weighted by Gasteiger charge is 2.18. The van der Waals surface area contributed by atoms with E-state index in [4.69, 9.17) is 16.3 Å². The van der Waals surface area contributed by atoms with E-state index in [0.29, 0.717) is 21.9 Å². The van der Waals surface area contributed by atoms with Crippen molar-refractivity contribution >= 4 is 33.3 Å². The van der Waals surface area contributed by atoms with Crippen molar-refractivity contribution in [2.45, 2.75) is 6.92 Å². The lowest BCUT2D eigenvalue weighted by molar-refractivity contribution is 0.103. The van der Waals surface area contributed by atoms with E-state index in [-0.39, 0.29) is 5.78 Å². The summed E-state index contributed by atoms with van der Waals surface area (Å²) in [4.78, 5) is 12.6. The molecular weight excluding hydrogens is 328 g/mol. The first-order valence-corrected chi connectivity index (χ1v) is 6.85. The van der Waals surface area contributed by atoms with Crippen LogP contribution in [-0.4, -0.2) is 12.9 Å². The number of halogens is 2. The van der Waals surface area contributed by atoms with Gasteiger partial charge in [0.15, 0.2) is 5.78 Å². The normalized spacial score (nSPS) is 10.3. The summed E-state index contributed by atoms with van der Waals surface area (Å²) < 4.78 is 6.05. The number of hydrogen-bond acceptors (Lipinski definition) is 2. The highest BCUT2D eigenvalue weighted by atomic mass is 79.9. The monoisotopic (exact) mass is 338 g/mol. The van der Waals surface area contributed by atoms with E-state index in [1.165, 1.54) is 7.11 Å². The number of benzene rings is 2. The fraction of sp³-hybridized carbons (Fsp3) is 0.133. The lowest BCUT2D eigenvalue weighted by atomic mass is 10.0. The molecule has 0 saturated carbocycles. The van der Waals surface area contributed by atoms with E-state index >= 15 is 0 Å². The van der Waals surface area contributed by atoms with Crippen molar-refractivity contribution in [3.8, 4) is 5.75 Å². The highest BCUT2D eigenvalue weighted by molar-refractivity contribution is 9.10. The second-order valence-corrected chi connectivity index (χ2v) is 5.40. The van der Waals surface area contributed by atoms with Crippen LogP contribution >= 0.6 is 27.5 Å². The van der Waals surface area contributed by atoms with E-state index in [1.54, 1.807) is 18.2 Å². The highest BCUT2D eigenvalue weighted by Crippen LogP contribution is 2.29. The van der Waals surface area contributed by atoms with Gasteiger partial charge in [0, 0.05) is 10.0 Å². The summed E-state index contributed by atoms with van der Waals surface area (Å²) >= 11 is 9.56. The Morgan fingerprint density at radius 2 is 1.95 bits per heavy atom. The van der Waals surface area contributed by atoms with Crippen molar-refractivity contribution in [1.29, 1.82) is 0 Å². The lowest BCUT2D eigenvalue weighted by Crippen LogP contribution is -2.05. The van der Waals surface area contributed by atoms with Crippen LogP contribution in [0.15, 0.2) is 40.9 Å². The third-order valence-electron chi connectivity index (χ3n) is 2.84. The largest absolute Gasteiger partial charge is 0.496 e. The Morgan fingerprint density at radius 3 is 2.63 bits per heavy atom. The summed E-state index contributed by atoms with van der Waals surface area (Å²) in [6.45, 7) is 1.87. The summed E-state index contributed by atoms with van der Waals surface area (Å²) in [5, 5.41) is 0.481. The number of aryl methyl sites for hydroxylation is 1. The second-order valence-electron chi connectivity index (χ2n) is 4.11. The molecule has 4 heteroatoms. The van der Waals surface area contributed by atoms with Crippen LogP contribution in [0, 0.1) is 6.92 Å². The summed E-state index contributed by atoms with van der Waals surface area (Å²) in [6.07, 6.45) is 0. The van der Waals surface area contributed by atoms with E-state index in [0.717, 1.165) is 10.0 Å². The number of carbonyl (C=O) groups is 1. The Morgan fingerprint density at radius 1 is 1.21 bits per heavy atom. The maximum absolute atomic E-state index is 12.6. The quantitative estimate of drug-likeness (QED) is 0.761. The fourth-order valence-corrected chi connectivity index (χ4v) is 2.40. The summed E-state index contributed by atoms with van der Waals surface area (Å²) in [5.41, 5.74) is 1.85. The van der Waals surface area contributed by atoms with Gasteiger partial charge >= 0.3 is 0 Å². The van der Waals surface area contributed by atoms with Crippen molar-refractivity contribution in [3.63, 3.8) is 0 Å². The van der Waals surface area contributed by atoms with Gasteiger partial charge < -0.3 is 4.74 Å².